The van der Waals surface area contributed by atoms with Crippen molar-refractivity contribution in [1.29, 1.82) is 0 Å². The maximum absolute atomic E-state index is 12.9. The molecule has 2 unspecified atom stereocenters. The second-order valence-electron chi connectivity index (χ2n) is 8.07. The Morgan fingerprint density at radius 1 is 1.10 bits per heavy atom. The van der Waals surface area contributed by atoms with Gasteiger partial charge < -0.3 is 4.74 Å². The van der Waals surface area contributed by atoms with Gasteiger partial charge in [-0.3, -0.25) is 4.79 Å². The van der Waals surface area contributed by atoms with Gasteiger partial charge in [-0.1, -0.05) is 53.4 Å². The number of ether oxygens (including phenoxy) is 1. The third kappa shape index (κ3) is 4.02. The van der Waals surface area contributed by atoms with Crippen molar-refractivity contribution in [3.63, 3.8) is 0 Å². The summed E-state index contributed by atoms with van der Waals surface area (Å²) in [6.07, 6.45) is 7.28. The van der Waals surface area contributed by atoms with Crippen molar-refractivity contribution >= 4 is 5.97 Å². The molecule has 0 spiro atoms. The minimum Gasteiger partial charge on any atom is -0.459 e. The van der Waals surface area contributed by atoms with Crippen molar-refractivity contribution in [1.82, 2.24) is 0 Å². The quantitative estimate of drug-likeness (QED) is 0.597. The molecule has 1 aliphatic rings. The van der Waals surface area contributed by atoms with Gasteiger partial charge in [0.25, 0.3) is 0 Å². The molecule has 2 heteroatoms. The maximum atomic E-state index is 12.9. The first kappa shape index (κ1) is 18.5. The molecular formula is C19H36O2. The minimum atomic E-state index is -0.388. The maximum Gasteiger partial charge on any atom is 0.312 e. The monoisotopic (exact) mass is 296 g/mol. The zero-order chi connectivity index (χ0) is 16.3. The van der Waals surface area contributed by atoms with E-state index < -0.39 is 0 Å². The van der Waals surface area contributed by atoms with Crippen molar-refractivity contribution in [3.05, 3.63) is 0 Å². The van der Waals surface area contributed by atoms with Gasteiger partial charge in [0, 0.05) is 0 Å². The van der Waals surface area contributed by atoms with Crippen LogP contribution in [0.3, 0.4) is 0 Å². The average Bonchev–Trinajstić information content (AvgIpc) is 2.45. The van der Waals surface area contributed by atoms with Crippen LogP contribution >= 0.6 is 0 Å². The van der Waals surface area contributed by atoms with Gasteiger partial charge in [-0.05, 0) is 51.4 Å². The van der Waals surface area contributed by atoms with E-state index >= 15 is 0 Å². The summed E-state index contributed by atoms with van der Waals surface area (Å²) >= 11 is 0. The molecule has 0 amide bonds. The SMILES string of the molecule is CCC(C)C(C)(C(=O)OC(C)(C)C1CCCCC1)C(C)C. The van der Waals surface area contributed by atoms with Crippen molar-refractivity contribution in [2.45, 2.75) is 92.6 Å². The number of hydrogen-bond donors (Lipinski definition) is 0. The highest BCUT2D eigenvalue weighted by molar-refractivity contribution is 5.77. The van der Waals surface area contributed by atoms with Crippen LogP contribution in [0.15, 0.2) is 0 Å². The molecular weight excluding hydrogens is 260 g/mol. The summed E-state index contributed by atoms with van der Waals surface area (Å²) in [5.41, 5.74) is -0.720. The number of hydrogen-bond acceptors (Lipinski definition) is 2. The molecule has 0 radical (unpaired) electrons. The summed E-state index contributed by atoms with van der Waals surface area (Å²) in [5, 5.41) is 0. The average molecular weight is 296 g/mol. The van der Waals surface area contributed by atoms with E-state index in [9.17, 15) is 4.79 Å². The molecule has 0 aromatic carbocycles. The van der Waals surface area contributed by atoms with Crippen LogP contribution in [0.4, 0.5) is 0 Å². The molecule has 0 aromatic heterocycles. The van der Waals surface area contributed by atoms with Crippen LogP contribution in [-0.4, -0.2) is 11.6 Å². The van der Waals surface area contributed by atoms with Crippen molar-refractivity contribution in [2.24, 2.45) is 23.2 Å². The number of carbonyl (C=O) groups is 1. The highest BCUT2D eigenvalue weighted by Gasteiger charge is 2.45. The zero-order valence-corrected chi connectivity index (χ0v) is 15.3. The van der Waals surface area contributed by atoms with Crippen LogP contribution in [-0.2, 0) is 9.53 Å². The first-order valence-corrected chi connectivity index (χ1v) is 8.89. The standard InChI is InChI=1S/C19H36O2/c1-8-15(4)19(7,14(2)3)17(20)21-18(5,6)16-12-10-9-11-13-16/h14-16H,8-13H2,1-7H3. The van der Waals surface area contributed by atoms with Crippen molar-refractivity contribution < 1.29 is 9.53 Å². The molecule has 1 saturated carbocycles. The van der Waals surface area contributed by atoms with E-state index in [2.05, 4.69) is 48.5 Å². The van der Waals surface area contributed by atoms with E-state index in [1.165, 1.54) is 32.1 Å². The molecule has 2 atom stereocenters. The Balaban J connectivity index is 2.85. The van der Waals surface area contributed by atoms with Gasteiger partial charge in [-0.2, -0.15) is 0 Å². The Morgan fingerprint density at radius 2 is 1.62 bits per heavy atom. The molecule has 0 saturated heterocycles. The molecule has 1 fully saturated rings. The largest absolute Gasteiger partial charge is 0.459 e. The van der Waals surface area contributed by atoms with Gasteiger partial charge in [0.15, 0.2) is 0 Å². The first-order valence-electron chi connectivity index (χ1n) is 8.89. The molecule has 1 aliphatic carbocycles. The number of carbonyl (C=O) groups excluding carboxylic acids is 1. The smallest absolute Gasteiger partial charge is 0.312 e. The van der Waals surface area contributed by atoms with Crippen LogP contribution in [0.1, 0.15) is 87.0 Å². The Labute approximate surface area is 132 Å². The summed E-state index contributed by atoms with van der Waals surface area (Å²) < 4.78 is 6.09. The van der Waals surface area contributed by atoms with Crippen LogP contribution in [0, 0.1) is 23.2 Å². The van der Waals surface area contributed by atoms with Crippen LogP contribution in [0.2, 0.25) is 0 Å². The van der Waals surface area contributed by atoms with Gasteiger partial charge in [-0.25, -0.2) is 0 Å². The van der Waals surface area contributed by atoms with Crippen molar-refractivity contribution in [2.75, 3.05) is 0 Å². The summed E-state index contributed by atoms with van der Waals surface area (Å²) in [4.78, 5) is 12.9. The highest BCUT2D eigenvalue weighted by Crippen LogP contribution is 2.42. The Hall–Kier alpha value is -0.530. The first-order chi connectivity index (χ1) is 9.66. The molecule has 124 valence electrons. The lowest BCUT2D eigenvalue weighted by Gasteiger charge is -2.42. The molecule has 21 heavy (non-hydrogen) atoms. The van der Waals surface area contributed by atoms with Gasteiger partial charge in [0.2, 0.25) is 0 Å². The summed E-state index contributed by atoms with van der Waals surface area (Å²) in [7, 11) is 0. The molecule has 2 nitrogen and oxygen atoms in total. The van der Waals surface area contributed by atoms with Gasteiger partial charge in [0.1, 0.15) is 5.60 Å². The lowest BCUT2D eigenvalue weighted by atomic mass is 9.68. The topological polar surface area (TPSA) is 26.3 Å². The fourth-order valence-electron chi connectivity index (χ4n) is 3.66. The van der Waals surface area contributed by atoms with Crippen molar-refractivity contribution in [3.8, 4) is 0 Å². The van der Waals surface area contributed by atoms with E-state index in [1.54, 1.807) is 0 Å². The van der Waals surface area contributed by atoms with Gasteiger partial charge in [0.05, 0.1) is 5.41 Å². The van der Waals surface area contributed by atoms with E-state index in [-0.39, 0.29) is 17.0 Å². The Kier molecular flexibility index (Phi) is 6.31. The van der Waals surface area contributed by atoms with E-state index in [4.69, 9.17) is 4.74 Å². The summed E-state index contributed by atoms with van der Waals surface area (Å²) in [6.45, 7) is 14.9. The molecule has 0 heterocycles. The predicted molar refractivity (Wildman–Crippen MR) is 89.1 cm³/mol. The highest BCUT2D eigenvalue weighted by atomic mass is 16.6. The summed E-state index contributed by atoms with van der Waals surface area (Å²) in [5.74, 6) is 1.15. The molecule has 0 bridgehead atoms. The van der Waals surface area contributed by atoms with Crippen LogP contribution in [0.5, 0.6) is 0 Å². The second kappa shape index (κ2) is 7.15. The lowest BCUT2D eigenvalue weighted by molar-refractivity contribution is -0.181. The predicted octanol–water partition coefficient (Wildman–Crippen LogP) is 5.60. The third-order valence-electron chi connectivity index (χ3n) is 6.22. The molecule has 1 rings (SSSR count). The zero-order valence-electron chi connectivity index (χ0n) is 15.3. The minimum absolute atomic E-state index is 0.00224. The van der Waals surface area contributed by atoms with Gasteiger partial charge >= 0.3 is 5.97 Å². The Bertz CT molecular complexity index is 339. The molecule has 0 aromatic rings. The number of esters is 1. The van der Waals surface area contributed by atoms with E-state index in [0.29, 0.717) is 17.8 Å². The molecule has 0 N–H and O–H groups in total. The normalized spacial score (nSPS) is 21.9. The molecule has 0 aliphatic heterocycles. The van der Waals surface area contributed by atoms with Gasteiger partial charge in [-0.15, -0.1) is 0 Å². The number of rotatable bonds is 6. The van der Waals surface area contributed by atoms with Crippen LogP contribution < -0.4 is 0 Å². The van der Waals surface area contributed by atoms with E-state index in [1.807, 2.05) is 0 Å². The van der Waals surface area contributed by atoms with Crippen LogP contribution in [0.25, 0.3) is 0 Å². The fraction of sp³-hybridized carbons (Fsp3) is 0.947. The fourth-order valence-corrected chi connectivity index (χ4v) is 3.66. The lowest BCUT2D eigenvalue weighted by Crippen LogP contribution is -2.46. The van der Waals surface area contributed by atoms with E-state index in [0.717, 1.165) is 6.42 Å². The summed E-state index contributed by atoms with van der Waals surface area (Å²) in [6, 6.07) is 0. The second-order valence-corrected chi connectivity index (χ2v) is 8.07. The Morgan fingerprint density at radius 3 is 2.05 bits per heavy atom. The third-order valence-corrected chi connectivity index (χ3v) is 6.22.